The number of hydrogen-bond acceptors (Lipinski definition) is 4. The highest BCUT2D eigenvalue weighted by atomic mass is 32.2. The molecule has 5 nitrogen and oxygen atoms in total. The summed E-state index contributed by atoms with van der Waals surface area (Å²) in [5, 5.41) is 3.42. The van der Waals surface area contributed by atoms with Crippen LogP contribution in [0.2, 0.25) is 0 Å². The Balaban J connectivity index is 1.66. The van der Waals surface area contributed by atoms with Gasteiger partial charge in [-0.05, 0) is 25.0 Å². The van der Waals surface area contributed by atoms with Crippen LogP contribution in [0.3, 0.4) is 0 Å². The van der Waals surface area contributed by atoms with Crippen molar-refractivity contribution < 1.29 is 8.42 Å². The van der Waals surface area contributed by atoms with E-state index in [9.17, 15) is 8.42 Å². The number of nitrogens with one attached hydrogen (secondary N) is 1. The monoisotopic (exact) mass is 293 g/mol. The van der Waals surface area contributed by atoms with Crippen LogP contribution < -0.4 is 5.32 Å². The van der Waals surface area contributed by atoms with Crippen LogP contribution >= 0.6 is 0 Å². The Bertz CT molecular complexity index is 607. The second-order valence-corrected chi connectivity index (χ2v) is 7.12. The lowest BCUT2D eigenvalue weighted by Gasteiger charge is -2.24. The first-order chi connectivity index (χ1) is 9.68. The second kappa shape index (κ2) is 5.54. The molecule has 0 unspecified atom stereocenters. The van der Waals surface area contributed by atoms with Crippen LogP contribution in [0.15, 0.2) is 34.2 Å². The minimum Gasteiger partial charge on any atom is -0.312 e. The molecule has 2 aliphatic rings. The number of aliphatic imine (C=N–C) groups is 1. The van der Waals surface area contributed by atoms with Crippen molar-refractivity contribution >= 4 is 22.0 Å². The molecule has 20 heavy (non-hydrogen) atoms. The first-order valence-electron chi connectivity index (χ1n) is 7.06. The fourth-order valence-electron chi connectivity index (χ4n) is 2.78. The fraction of sp³-hybridized carbons (Fsp3) is 0.500. The van der Waals surface area contributed by atoms with E-state index in [0.29, 0.717) is 29.7 Å². The van der Waals surface area contributed by atoms with E-state index in [2.05, 4.69) is 10.3 Å². The van der Waals surface area contributed by atoms with Crippen LogP contribution in [0.4, 0.5) is 5.69 Å². The standard InChI is InChI=1S/C14H19N3O2S/c18-20(19)14-8-4-3-7-13(14)16-11-17(20)10-9-15-12-5-1-2-6-12/h3-4,7-8,11-12,15H,1-2,5-6,9-10H2. The lowest BCUT2D eigenvalue weighted by molar-refractivity contribution is 0.474. The summed E-state index contributed by atoms with van der Waals surface area (Å²) in [6, 6.07) is 7.40. The van der Waals surface area contributed by atoms with E-state index in [1.807, 2.05) is 0 Å². The van der Waals surface area contributed by atoms with Crippen molar-refractivity contribution in [1.29, 1.82) is 0 Å². The first-order valence-corrected chi connectivity index (χ1v) is 8.50. The number of sulfonamides is 1. The SMILES string of the molecule is O=S1(=O)c2ccccc2N=CN1CCNC1CCCC1. The van der Waals surface area contributed by atoms with Crippen LogP contribution in [0.1, 0.15) is 25.7 Å². The summed E-state index contributed by atoms with van der Waals surface area (Å²) in [6.45, 7) is 1.09. The van der Waals surface area contributed by atoms with Gasteiger partial charge in [-0.15, -0.1) is 0 Å². The van der Waals surface area contributed by atoms with Crippen LogP contribution in [0.25, 0.3) is 0 Å². The first kappa shape index (κ1) is 13.6. The zero-order valence-electron chi connectivity index (χ0n) is 11.3. The van der Waals surface area contributed by atoms with Gasteiger partial charge in [-0.3, -0.25) is 4.31 Å². The van der Waals surface area contributed by atoms with Crippen LogP contribution in [0, 0.1) is 0 Å². The van der Waals surface area contributed by atoms with E-state index in [4.69, 9.17) is 0 Å². The highest BCUT2D eigenvalue weighted by Gasteiger charge is 2.28. The van der Waals surface area contributed by atoms with Crippen molar-refractivity contribution in [3.05, 3.63) is 24.3 Å². The molecule has 6 heteroatoms. The van der Waals surface area contributed by atoms with Gasteiger partial charge in [0, 0.05) is 19.1 Å². The summed E-state index contributed by atoms with van der Waals surface area (Å²) in [5.41, 5.74) is 0.521. The molecule has 0 spiro atoms. The Morgan fingerprint density at radius 1 is 1.25 bits per heavy atom. The zero-order chi connectivity index (χ0) is 14.0. The average molecular weight is 293 g/mol. The topological polar surface area (TPSA) is 61.8 Å². The number of rotatable bonds is 4. The van der Waals surface area contributed by atoms with Crippen molar-refractivity contribution in [1.82, 2.24) is 9.62 Å². The van der Waals surface area contributed by atoms with Crippen LogP contribution in [-0.4, -0.2) is 38.2 Å². The molecule has 0 radical (unpaired) electrons. The second-order valence-electron chi connectivity index (χ2n) is 5.26. The molecule has 1 aromatic rings. The molecule has 0 atom stereocenters. The Morgan fingerprint density at radius 2 is 2.00 bits per heavy atom. The quantitative estimate of drug-likeness (QED) is 0.922. The van der Waals surface area contributed by atoms with E-state index in [1.54, 1.807) is 24.3 Å². The predicted molar refractivity (Wildman–Crippen MR) is 78.7 cm³/mol. The van der Waals surface area contributed by atoms with E-state index in [0.717, 1.165) is 0 Å². The summed E-state index contributed by atoms with van der Waals surface area (Å²) in [7, 11) is -3.43. The molecule has 1 aliphatic heterocycles. The molecule has 0 amide bonds. The van der Waals surface area contributed by atoms with Crippen molar-refractivity contribution in [3.8, 4) is 0 Å². The van der Waals surface area contributed by atoms with Crippen LogP contribution in [0.5, 0.6) is 0 Å². The van der Waals surface area contributed by atoms with Crippen LogP contribution in [-0.2, 0) is 10.0 Å². The number of nitrogens with zero attached hydrogens (tertiary/aromatic N) is 2. The molecule has 3 rings (SSSR count). The third kappa shape index (κ3) is 2.58. The normalized spacial score (nSPS) is 21.1. The van der Waals surface area contributed by atoms with Crippen molar-refractivity contribution in [2.24, 2.45) is 4.99 Å². The van der Waals surface area contributed by atoms with Crippen molar-refractivity contribution in [2.75, 3.05) is 13.1 Å². The van der Waals surface area contributed by atoms with Gasteiger partial charge < -0.3 is 5.32 Å². The average Bonchev–Trinajstić information content (AvgIpc) is 2.95. The zero-order valence-corrected chi connectivity index (χ0v) is 12.1. The molecule has 1 N–H and O–H groups in total. The van der Waals surface area contributed by atoms with Gasteiger partial charge in [-0.1, -0.05) is 25.0 Å². The van der Waals surface area contributed by atoms with Gasteiger partial charge in [0.15, 0.2) is 0 Å². The van der Waals surface area contributed by atoms with Gasteiger partial charge in [0.2, 0.25) is 0 Å². The molecule has 1 fully saturated rings. The highest BCUT2D eigenvalue weighted by molar-refractivity contribution is 7.89. The van der Waals surface area contributed by atoms with Gasteiger partial charge in [0.05, 0.1) is 5.69 Å². The molecule has 1 aromatic carbocycles. The molecule has 0 aromatic heterocycles. The van der Waals surface area contributed by atoms with Gasteiger partial charge in [-0.2, -0.15) is 0 Å². The van der Waals surface area contributed by atoms with Gasteiger partial charge in [0.1, 0.15) is 11.2 Å². The number of para-hydroxylation sites is 1. The van der Waals surface area contributed by atoms with Crippen molar-refractivity contribution in [2.45, 2.75) is 36.6 Å². The number of benzene rings is 1. The molecular weight excluding hydrogens is 274 g/mol. The highest BCUT2D eigenvalue weighted by Crippen LogP contribution is 2.29. The largest absolute Gasteiger partial charge is 0.312 e. The van der Waals surface area contributed by atoms with Gasteiger partial charge >= 0.3 is 0 Å². The molecule has 108 valence electrons. The third-order valence-electron chi connectivity index (χ3n) is 3.90. The van der Waals surface area contributed by atoms with Gasteiger partial charge in [-0.25, -0.2) is 13.4 Å². The summed E-state index contributed by atoms with van der Waals surface area (Å²) in [4.78, 5) is 4.51. The fourth-order valence-corrected chi connectivity index (χ4v) is 4.17. The molecule has 1 aliphatic carbocycles. The minimum atomic E-state index is -3.43. The maximum Gasteiger partial charge on any atom is 0.267 e. The van der Waals surface area contributed by atoms with E-state index in [-0.39, 0.29) is 0 Å². The van der Waals surface area contributed by atoms with Crippen molar-refractivity contribution in [3.63, 3.8) is 0 Å². The minimum absolute atomic E-state index is 0.295. The summed E-state index contributed by atoms with van der Waals surface area (Å²) < 4.78 is 26.2. The van der Waals surface area contributed by atoms with Gasteiger partial charge in [0.25, 0.3) is 10.0 Å². The number of hydrogen-bond donors (Lipinski definition) is 1. The summed E-state index contributed by atoms with van der Waals surface area (Å²) >= 11 is 0. The summed E-state index contributed by atoms with van der Waals surface area (Å²) in [5.74, 6) is 0. The maximum atomic E-state index is 12.4. The Morgan fingerprint density at radius 3 is 2.80 bits per heavy atom. The summed E-state index contributed by atoms with van der Waals surface area (Å²) in [6.07, 6.45) is 6.37. The molecule has 1 saturated carbocycles. The molecule has 0 saturated heterocycles. The van der Waals surface area contributed by atoms with E-state index < -0.39 is 10.0 Å². The Labute approximate surface area is 119 Å². The smallest absolute Gasteiger partial charge is 0.267 e. The lowest BCUT2D eigenvalue weighted by Crippen LogP contribution is -2.39. The Hall–Kier alpha value is -1.40. The Kier molecular flexibility index (Phi) is 3.76. The van der Waals surface area contributed by atoms with E-state index in [1.165, 1.54) is 36.3 Å². The van der Waals surface area contributed by atoms with E-state index >= 15 is 0 Å². The molecule has 1 heterocycles. The predicted octanol–water partition coefficient (Wildman–Crippen LogP) is 1.88. The third-order valence-corrected chi connectivity index (χ3v) is 5.69. The lowest BCUT2D eigenvalue weighted by atomic mass is 10.2. The molecular formula is C14H19N3O2S. The number of fused-ring (bicyclic) bond motifs is 1. The maximum absolute atomic E-state index is 12.4. The molecule has 0 bridgehead atoms.